The molecule has 0 aliphatic carbocycles. The average Bonchev–Trinajstić information content (AvgIpc) is 2.99. The number of hydrogen-bond donors (Lipinski definition) is 2. The zero-order valence-electron chi connectivity index (χ0n) is 13.8. The van der Waals surface area contributed by atoms with Crippen LogP contribution in [-0.2, 0) is 4.79 Å². The molecule has 132 valence electrons. The summed E-state index contributed by atoms with van der Waals surface area (Å²) in [6, 6.07) is 5.89. The van der Waals surface area contributed by atoms with E-state index in [-0.39, 0.29) is 23.2 Å². The lowest BCUT2D eigenvalue weighted by molar-refractivity contribution is -0.118. The summed E-state index contributed by atoms with van der Waals surface area (Å²) in [4.78, 5) is 17.7. The number of amides is 1. The Morgan fingerprint density at radius 2 is 2.04 bits per heavy atom. The quantitative estimate of drug-likeness (QED) is 0.799. The Bertz CT molecular complexity index is 802. The first-order valence-corrected chi connectivity index (χ1v) is 9.02. The molecule has 1 atom stereocenters. The second kappa shape index (κ2) is 7.37. The minimum Gasteiger partial charge on any atom is -0.314 e. The Balaban J connectivity index is 2.01. The van der Waals surface area contributed by atoms with Crippen LogP contribution in [0.4, 0.5) is 20.3 Å². The number of likely N-dealkylation sites (N-methyl/N-ethyl adjacent to an activating group) is 1. The number of anilines is 2. The normalized spacial score (nSPS) is 17.2. The molecule has 1 aliphatic rings. The van der Waals surface area contributed by atoms with Crippen molar-refractivity contribution in [2.45, 2.75) is 12.5 Å². The first-order valence-electron chi connectivity index (χ1n) is 7.79. The summed E-state index contributed by atoms with van der Waals surface area (Å²) in [6.45, 7) is 0.353. The number of carbonyl (C=O) groups is 1. The van der Waals surface area contributed by atoms with Crippen LogP contribution in [0.25, 0.3) is 11.1 Å². The molecule has 8 heteroatoms. The van der Waals surface area contributed by atoms with Crippen molar-refractivity contribution in [3.05, 3.63) is 42.1 Å². The average molecular weight is 364 g/mol. The maximum atomic E-state index is 14.7. The van der Waals surface area contributed by atoms with Gasteiger partial charge in [0.05, 0.1) is 11.7 Å². The number of benzene rings is 1. The number of carbonyl (C=O) groups excluding carboxylic acids is 1. The topological polar surface area (TPSA) is 57.3 Å². The van der Waals surface area contributed by atoms with Crippen molar-refractivity contribution in [2.75, 3.05) is 29.5 Å². The second-order valence-corrected chi connectivity index (χ2v) is 6.20. The van der Waals surface area contributed by atoms with Crippen LogP contribution >= 0.6 is 11.9 Å². The third kappa shape index (κ3) is 3.19. The molecular weight excluding hydrogens is 346 g/mol. The van der Waals surface area contributed by atoms with Crippen molar-refractivity contribution < 1.29 is 13.6 Å². The maximum absolute atomic E-state index is 14.7. The van der Waals surface area contributed by atoms with E-state index in [0.717, 1.165) is 0 Å². The third-order valence-electron chi connectivity index (χ3n) is 4.20. The molecule has 2 N–H and O–H groups in total. The van der Waals surface area contributed by atoms with Gasteiger partial charge in [0.25, 0.3) is 0 Å². The van der Waals surface area contributed by atoms with Crippen LogP contribution < -0.4 is 14.9 Å². The van der Waals surface area contributed by atoms with Gasteiger partial charge in [-0.05, 0) is 37.7 Å². The summed E-state index contributed by atoms with van der Waals surface area (Å²) in [5.74, 6) is -1.81. The van der Waals surface area contributed by atoms with E-state index in [0.29, 0.717) is 24.3 Å². The first-order chi connectivity index (χ1) is 12.1. The highest BCUT2D eigenvalue weighted by Gasteiger charge is 2.33. The minimum atomic E-state index is -1.03. The van der Waals surface area contributed by atoms with E-state index in [1.165, 1.54) is 29.0 Å². The van der Waals surface area contributed by atoms with Gasteiger partial charge in [-0.1, -0.05) is 11.9 Å². The van der Waals surface area contributed by atoms with E-state index in [1.807, 2.05) is 6.26 Å². The fraction of sp³-hybridized carbons (Fsp3) is 0.294. The maximum Gasteiger partial charge on any atom is 0.244 e. The van der Waals surface area contributed by atoms with Crippen molar-refractivity contribution in [1.82, 2.24) is 10.3 Å². The highest BCUT2D eigenvalue weighted by molar-refractivity contribution is 7.99. The molecule has 1 aromatic heterocycles. The number of aromatic nitrogens is 1. The molecule has 1 fully saturated rings. The molecule has 1 aromatic carbocycles. The van der Waals surface area contributed by atoms with Gasteiger partial charge in [0.2, 0.25) is 5.91 Å². The van der Waals surface area contributed by atoms with Crippen molar-refractivity contribution >= 4 is 29.4 Å². The molecule has 25 heavy (non-hydrogen) atoms. The number of pyridine rings is 1. The van der Waals surface area contributed by atoms with E-state index in [9.17, 15) is 13.6 Å². The van der Waals surface area contributed by atoms with Crippen molar-refractivity contribution in [3.63, 3.8) is 0 Å². The van der Waals surface area contributed by atoms with Crippen LogP contribution in [0.1, 0.15) is 6.42 Å². The summed E-state index contributed by atoms with van der Waals surface area (Å²) in [6.07, 6.45) is 3.95. The predicted molar refractivity (Wildman–Crippen MR) is 96.5 cm³/mol. The van der Waals surface area contributed by atoms with E-state index in [1.54, 1.807) is 25.4 Å². The van der Waals surface area contributed by atoms with Gasteiger partial charge in [-0.3, -0.25) is 4.79 Å². The Morgan fingerprint density at radius 3 is 2.72 bits per heavy atom. The van der Waals surface area contributed by atoms with Gasteiger partial charge >= 0.3 is 0 Å². The van der Waals surface area contributed by atoms with Gasteiger partial charge in [-0.2, -0.15) is 0 Å². The van der Waals surface area contributed by atoms with Crippen LogP contribution in [0.3, 0.4) is 0 Å². The zero-order chi connectivity index (χ0) is 18.0. The van der Waals surface area contributed by atoms with Gasteiger partial charge in [-0.25, -0.2) is 13.8 Å². The lowest BCUT2D eigenvalue weighted by Gasteiger charge is -2.19. The number of hydrogen-bond acceptors (Lipinski definition) is 5. The zero-order valence-corrected chi connectivity index (χ0v) is 14.7. The van der Waals surface area contributed by atoms with E-state index in [4.69, 9.17) is 0 Å². The van der Waals surface area contributed by atoms with Crippen molar-refractivity contribution in [2.24, 2.45) is 0 Å². The van der Waals surface area contributed by atoms with Gasteiger partial charge in [0, 0.05) is 30.1 Å². The molecule has 5 nitrogen and oxygen atoms in total. The van der Waals surface area contributed by atoms with Crippen molar-refractivity contribution in [1.29, 1.82) is 0 Å². The number of nitrogens with zero attached hydrogens (tertiary/aromatic N) is 2. The molecule has 2 aromatic rings. The molecule has 0 spiro atoms. The molecule has 2 heterocycles. The highest BCUT2D eigenvalue weighted by Crippen LogP contribution is 2.35. The monoisotopic (exact) mass is 364 g/mol. The molecule has 1 amide bonds. The fourth-order valence-electron chi connectivity index (χ4n) is 2.94. The molecule has 1 saturated heterocycles. The summed E-state index contributed by atoms with van der Waals surface area (Å²) in [5, 5.41) is 2.88. The molecule has 3 rings (SSSR count). The molecule has 0 saturated carbocycles. The summed E-state index contributed by atoms with van der Waals surface area (Å²) >= 11 is 1.31. The third-order valence-corrected chi connectivity index (χ3v) is 4.60. The van der Waals surface area contributed by atoms with Gasteiger partial charge in [-0.15, -0.1) is 0 Å². The van der Waals surface area contributed by atoms with Crippen LogP contribution in [0.2, 0.25) is 0 Å². The fourth-order valence-corrected chi connectivity index (χ4v) is 3.30. The number of rotatable bonds is 5. The standard InChI is InChI=1S/C17H18F2N4OS/c1-20-12-7-9-23(17(12)24)13-6-5-10(14(18)15(13)19)11-4-3-8-21-16(11)22-25-2/h3-6,8,12,20H,7,9H2,1-2H3,(H,21,22). The van der Waals surface area contributed by atoms with E-state index >= 15 is 0 Å². The SMILES string of the molecule is CNC1CCN(c2ccc(-c3cccnc3NSC)c(F)c2F)C1=O. The van der Waals surface area contributed by atoms with Crippen LogP contribution in [0, 0.1) is 11.6 Å². The van der Waals surface area contributed by atoms with Gasteiger partial charge < -0.3 is 14.9 Å². The second-order valence-electron chi connectivity index (χ2n) is 5.59. The Hall–Kier alpha value is -2.19. The van der Waals surface area contributed by atoms with E-state index < -0.39 is 11.6 Å². The molecule has 0 radical (unpaired) electrons. The lowest BCUT2D eigenvalue weighted by Crippen LogP contribution is -2.36. The number of nitrogens with one attached hydrogen (secondary N) is 2. The molecule has 1 aliphatic heterocycles. The summed E-state index contributed by atoms with van der Waals surface area (Å²) in [5.41, 5.74) is 0.524. The Morgan fingerprint density at radius 1 is 1.24 bits per heavy atom. The molecular formula is C17H18F2N4OS. The summed E-state index contributed by atoms with van der Waals surface area (Å²) < 4.78 is 32.4. The van der Waals surface area contributed by atoms with Gasteiger partial charge in [0.1, 0.15) is 5.82 Å². The molecule has 0 bridgehead atoms. The van der Waals surface area contributed by atoms with Crippen LogP contribution in [-0.4, -0.2) is 36.8 Å². The smallest absolute Gasteiger partial charge is 0.244 e. The predicted octanol–water partition coefficient (Wildman–Crippen LogP) is 3.04. The first kappa shape index (κ1) is 17.6. The highest BCUT2D eigenvalue weighted by atomic mass is 32.2. The summed E-state index contributed by atoms with van der Waals surface area (Å²) in [7, 11) is 1.68. The number of halogens is 2. The minimum absolute atomic E-state index is 0.0349. The lowest BCUT2D eigenvalue weighted by atomic mass is 10.0. The molecule has 1 unspecified atom stereocenters. The van der Waals surface area contributed by atoms with Crippen LogP contribution in [0.5, 0.6) is 0 Å². The van der Waals surface area contributed by atoms with E-state index in [2.05, 4.69) is 15.0 Å². The Labute approximate surface area is 149 Å². The Kier molecular flexibility index (Phi) is 5.19. The van der Waals surface area contributed by atoms with Gasteiger partial charge in [0.15, 0.2) is 11.6 Å². The largest absolute Gasteiger partial charge is 0.314 e. The van der Waals surface area contributed by atoms with Crippen LogP contribution in [0.15, 0.2) is 30.5 Å². The van der Waals surface area contributed by atoms with Crippen molar-refractivity contribution in [3.8, 4) is 11.1 Å².